The van der Waals surface area contributed by atoms with Crippen LogP contribution >= 0.6 is 55.1 Å². The van der Waals surface area contributed by atoms with E-state index in [4.69, 9.17) is 27.9 Å². The molecule has 0 amide bonds. The van der Waals surface area contributed by atoms with E-state index in [1.165, 1.54) is 0 Å². The highest BCUT2D eigenvalue weighted by Crippen LogP contribution is 2.39. The molecule has 2 aromatic rings. The third-order valence-electron chi connectivity index (χ3n) is 2.70. The van der Waals surface area contributed by atoms with Crippen LogP contribution in [0.1, 0.15) is 16.0 Å². The summed E-state index contributed by atoms with van der Waals surface area (Å²) < 4.78 is 6.24. The van der Waals surface area contributed by atoms with Gasteiger partial charge in [0.2, 0.25) is 0 Å². The quantitative estimate of drug-likeness (QED) is 0.529. The molecule has 0 aromatic heterocycles. The van der Waals surface area contributed by atoms with Crippen LogP contribution in [0.15, 0.2) is 40.9 Å². The summed E-state index contributed by atoms with van der Waals surface area (Å²) in [6, 6.07) is 11.4. The highest BCUT2D eigenvalue weighted by molar-refractivity contribution is 9.10. The molecule has 2 aromatic carbocycles. The van der Waals surface area contributed by atoms with Crippen molar-refractivity contribution in [1.29, 1.82) is 0 Å². The first-order valence-electron chi connectivity index (χ1n) is 5.45. The lowest BCUT2D eigenvalue weighted by atomic mass is 10.0. The molecule has 0 saturated carbocycles. The van der Waals surface area contributed by atoms with Crippen LogP contribution in [0.25, 0.3) is 0 Å². The lowest BCUT2D eigenvalue weighted by Gasteiger charge is -2.15. The largest absolute Gasteiger partial charge is 0.496 e. The van der Waals surface area contributed by atoms with Gasteiger partial charge in [0.05, 0.1) is 17.0 Å². The van der Waals surface area contributed by atoms with Gasteiger partial charge in [-0.05, 0) is 51.8 Å². The summed E-state index contributed by atoms with van der Waals surface area (Å²) in [7, 11) is 1.64. The first-order chi connectivity index (χ1) is 9.02. The van der Waals surface area contributed by atoms with Crippen molar-refractivity contribution in [3.05, 3.63) is 62.0 Å². The molecular formula is C14H10Br2Cl2O. The summed E-state index contributed by atoms with van der Waals surface area (Å²) in [5, 5.41) is 1.34. The summed E-state index contributed by atoms with van der Waals surface area (Å²) in [5.74, 6) is 0.783. The van der Waals surface area contributed by atoms with E-state index in [0.717, 1.165) is 21.3 Å². The van der Waals surface area contributed by atoms with Gasteiger partial charge in [0.15, 0.2) is 0 Å². The van der Waals surface area contributed by atoms with Crippen LogP contribution in [0.5, 0.6) is 5.75 Å². The van der Waals surface area contributed by atoms with Crippen LogP contribution in [0.4, 0.5) is 0 Å². The predicted molar refractivity (Wildman–Crippen MR) is 87.9 cm³/mol. The fraction of sp³-hybridized carbons (Fsp3) is 0.143. The van der Waals surface area contributed by atoms with E-state index >= 15 is 0 Å². The van der Waals surface area contributed by atoms with Crippen molar-refractivity contribution in [2.24, 2.45) is 0 Å². The van der Waals surface area contributed by atoms with Gasteiger partial charge in [-0.2, -0.15) is 0 Å². The molecule has 1 unspecified atom stereocenters. The van der Waals surface area contributed by atoms with Crippen molar-refractivity contribution < 1.29 is 4.74 Å². The average Bonchev–Trinajstić information content (AvgIpc) is 2.41. The van der Waals surface area contributed by atoms with Gasteiger partial charge < -0.3 is 4.74 Å². The summed E-state index contributed by atoms with van der Waals surface area (Å²) in [5.41, 5.74) is 2.00. The van der Waals surface area contributed by atoms with Gasteiger partial charge in [0.25, 0.3) is 0 Å². The van der Waals surface area contributed by atoms with E-state index in [1.54, 1.807) is 13.2 Å². The molecule has 0 radical (unpaired) electrons. The molecule has 0 aliphatic carbocycles. The van der Waals surface area contributed by atoms with Gasteiger partial charge >= 0.3 is 0 Å². The number of alkyl halides is 1. The summed E-state index contributed by atoms with van der Waals surface area (Å²) >= 11 is 19.2. The minimum absolute atomic E-state index is 0.0354. The molecule has 2 rings (SSSR count). The SMILES string of the molecule is COc1ccc(Cl)cc1C(Br)c1ccc(Br)c(Cl)c1. The number of ether oxygens (including phenoxy) is 1. The molecule has 0 N–H and O–H groups in total. The second kappa shape index (κ2) is 6.49. The van der Waals surface area contributed by atoms with Crippen LogP contribution in [-0.4, -0.2) is 7.11 Å². The van der Waals surface area contributed by atoms with E-state index in [2.05, 4.69) is 31.9 Å². The normalized spacial score (nSPS) is 12.3. The molecule has 0 heterocycles. The molecule has 5 heteroatoms. The van der Waals surface area contributed by atoms with Crippen LogP contribution in [0.2, 0.25) is 10.0 Å². The monoisotopic (exact) mass is 422 g/mol. The fourth-order valence-corrected chi connectivity index (χ4v) is 3.01. The summed E-state index contributed by atoms with van der Waals surface area (Å²) in [6.07, 6.45) is 0. The van der Waals surface area contributed by atoms with Crippen molar-refractivity contribution in [3.63, 3.8) is 0 Å². The highest BCUT2D eigenvalue weighted by atomic mass is 79.9. The van der Waals surface area contributed by atoms with Crippen molar-refractivity contribution >= 4 is 55.1 Å². The maximum atomic E-state index is 6.13. The zero-order chi connectivity index (χ0) is 14.0. The fourth-order valence-electron chi connectivity index (χ4n) is 1.75. The predicted octanol–water partition coefficient (Wildman–Crippen LogP) is 6.25. The van der Waals surface area contributed by atoms with Crippen LogP contribution in [0.3, 0.4) is 0 Å². The molecule has 19 heavy (non-hydrogen) atoms. The number of rotatable bonds is 3. The zero-order valence-electron chi connectivity index (χ0n) is 9.96. The van der Waals surface area contributed by atoms with E-state index in [1.807, 2.05) is 30.3 Å². The van der Waals surface area contributed by atoms with Crippen LogP contribution in [-0.2, 0) is 0 Å². The third kappa shape index (κ3) is 3.46. The zero-order valence-corrected chi connectivity index (χ0v) is 14.6. The lowest BCUT2D eigenvalue weighted by molar-refractivity contribution is 0.410. The molecular weight excluding hydrogens is 415 g/mol. The summed E-state index contributed by atoms with van der Waals surface area (Å²) in [4.78, 5) is -0.0354. The molecule has 1 nitrogen and oxygen atoms in total. The maximum absolute atomic E-state index is 6.13. The Balaban J connectivity index is 2.45. The van der Waals surface area contributed by atoms with Gasteiger partial charge in [-0.25, -0.2) is 0 Å². The Bertz CT molecular complexity index is 602. The van der Waals surface area contributed by atoms with Crippen molar-refractivity contribution in [2.75, 3.05) is 7.11 Å². The first-order valence-corrected chi connectivity index (χ1v) is 7.92. The van der Waals surface area contributed by atoms with E-state index < -0.39 is 0 Å². The third-order valence-corrected chi connectivity index (χ3v) is 5.19. The molecule has 0 saturated heterocycles. The van der Waals surface area contributed by atoms with Gasteiger partial charge in [-0.3, -0.25) is 0 Å². The second-order valence-electron chi connectivity index (χ2n) is 3.92. The number of hydrogen-bond donors (Lipinski definition) is 0. The molecule has 0 spiro atoms. The minimum atomic E-state index is -0.0354. The standard InChI is InChI=1S/C14H10Br2Cl2O/c1-19-13-5-3-9(17)7-10(13)14(16)8-2-4-11(15)12(18)6-8/h2-7,14H,1H3. The highest BCUT2D eigenvalue weighted by Gasteiger charge is 2.16. The number of hydrogen-bond acceptors (Lipinski definition) is 1. The number of methoxy groups -OCH3 is 1. The topological polar surface area (TPSA) is 9.23 Å². The molecule has 100 valence electrons. The Kier molecular flexibility index (Phi) is 5.18. The molecule has 0 fully saturated rings. The van der Waals surface area contributed by atoms with Crippen LogP contribution in [0, 0.1) is 0 Å². The average molecular weight is 425 g/mol. The second-order valence-corrected chi connectivity index (χ2v) is 6.54. The minimum Gasteiger partial charge on any atom is -0.496 e. The Morgan fingerprint density at radius 1 is 1.11 bits per heavy atom. The van der Waals surface area contributed by atoms with Gasteiger partial charge in [0, 0.05) is 15.1 Å². The Morgan fingerprint density at radius 3 is 2.47 bits per heavy atom. The van der Waals surface area contributed by atoms with Gasteiger partial charge in [0.1, 0.15) is 5.75 Å². The Labute approximate surface area is 139 Å². The van der Waals surface area contributed by atoms with Crippen LogP contribution < -0.4 is 4.74 Å². The first kappa shape index (κ1) is 15.2. The number of benzene rings is 2. The maximum Gasteiger partial charge on any atom is 0.123 e. The van der Waals surface area contributed by atoms with E-state index in [-0.39, 0.29) is 4.83 Å². The van der Waals surface area contributed by atoms with Crippen molar-refractivity contribution in [1.82, 2.24) is 0 Å². The van der Waals surface area contributed by atoms with E-state index in [0.29, 0.717) is 10.0 Å². The van der Waals surface area contributed by atoms with Gasteiger partial charge in [-0.15, -0.1) is 0 Å². The van der Waals surface area contributed by atoms with E-state index in [9.17, 15) is 0 Å². The lowest BCUT2D eigenvalue weighted by Crippen LogP contribution is -1.97. The molecule has 1 atom stereocenters. The van der Waals surface area contributed by atoms with Crippen molar-refractivity contribution in [3.8, 4) is 5.75 Å². The number of halogens is 4. The Hall–Kier alpha value is -0.220. The summed E-state index contributed by atoms with van der Waals surface area (Å²) in [6.45, 7) is 0. The van der Waals surface area contributed by atoms with Gasteiger partial charge in [-0.1, -0.05) is 45.2 Å². The molecule has 0 aliphatic rings. The van der Waals surface area contributed by atoms with Crippen molar-refractivity contribution in [2.45, 2.75) is 4.83 Å². The molecule has 0 aliphatic heterocycles. The Morgan fingerprint density at radius 2 is 1.84 bits per heavy atom. The molecule has 0 bridgehead atoms. The smallest absolute Gasteiger partial charge is 0.123 e.